The minimum atomic E-state index is -0.484. The summed E-state index contributed by atoms with van der Waals surface area (Å²) in [6.07, 6.45) is 6.22. The molecule has 4 N–H and O–H groups in total. The molecule has 8 nitrogen and oxygen atoms in total. The minimum Gasteiger partial charge on any atom is -0.447 e. The van der Waals surface area contributed by atoms with E-state index in [1.54, 1.807) is 26.2 Å². The highest BCUT2D eigenvalue weighted by molar-refractivity contribution is 6.06. The molecule has 0 bridgehead atoms. The summed E-state index contributed by atoms with van der Waals surface area (Å²) in [6, 6.07) is 13.7. The van der Waals surface area contributed by atoms with Gasteiger partial charge in [-0.2, -0.15) is 0 Å². The number of nitrogens with zero attached hydrogens (tertiary/aromatic N) is 2. The molecule has 0 aliphatic heterocycles. The van der Waals surface area contributed by atoms with E-state index in [9.17, 15) is 9.59 Å². The first-order chi connectivity index (χ1) is 16.9. The number of fused-ring (bicyclic) bond motifs is 1. The van der Waals surface area contributed by atoms with E-state index in [2.05, 4.69) is 19.9 Å². The number of H-pyrrole nitrogens is 1. The number of nitrogens with two attached hydrogens (primary N) is 1. The third-order valence-corrected chi connectivity index (χ3v) is 6.44. The molecule has 0 spiro atoms. The zero-order chi connectivity index (χ0) is 24.5. The smallest absolute Gasteiger partial charge is 0.411 e. The molecule has 0 atom stereocenters. The van der Waals surface area contributed by atoms with Crippen molar-refractivity contribution in [3.63, 3.8) is 0 Å². The van der Waals surface area contributed by atoms with E-state index in [0.717, 1.165) is 35.0 Å². The fourth-order valence-electron chi connectivity index (χ4n) is 4.55. The predicted octanol–water partition coefficient (Wildman–Crippen LogP) is 5.72. The van der Waals surface area contributed by atoms with Crippen LogP contribution in [0.1, 0.15) is 55.3 Å². The Labute approximate surface area is 203 Å². The molecule has 1 aliphatic carbocycles. The molecule has 8 heteroatoms. The molecule has 2 aromatic heterocycles. The normalized spacial score (nSPS) is 13.7. The van der Waals surface area contributed by atoms with Crippen molar-refractivity contribution < 1.29 is 14.3 Å². The number of benzene rings is 2. The van der Waals surface area contributed by atoms with Gasteiger partial charge in [0.15, 0.2) is 5.78 Å². The van der Waals surface area contributed by atoms with Crippen molar-refractivity contribution in [2.75, 3.05) is 11.1 Å². The van der Waals surface area contributed by atoms with Crippen LogP contribution in [-0.4, -0.2) is 32.5 Å². The second kappa shape index (κ2) is 9.29. The van der Waals surface area contributed by atoms with Gasteiger partial charge in [-0.3, -0.25) is 10.1 Å². The van der Waals surface area contributed by atoms with Crippen molar-refractivity contribution in [3.05, 3.63) is 66.2 Å². The van der Waals surface area contributed by atoms with E-state index in [1.165, 1.54) is 6.42 Å². The molecule has 1 saturated carbocycles. The summed E-state index contributed by atoms with van der Waals surface area (Å²) in [4.78, 5) is 32.0. The van der Waals surface area contributed by atoms with Crippen LogP contribution < -0.4 is 11.1 Å². The van der Waals surface area contributed by atoms with Crippen molar-refractivity contribution in [1.29, 1.82) is 0 Å². The molecule has 180 valence electrons. The van der Waals surface area contributed by atoms with Crippen LogP contribution in [0.25, 0.3) is 22.2 Å². The number of ether oxygens (including phenoxy) is 1. The molecule has 2 heterocycles. The third-order valence-electron chi connectivity index (χ3n) is 6.44. The first-order valence-electron chi connectivity index (χ1n) is 11.9. The summed E-state index contributed by atoms with van der Waals surface area (Å²) in [7, 11) is 0. The largest absolute Gasteiger partial charge is 0.447 e. The van der Waals surface area contributed by atoms with Crippen LogP contribution in [0.5, 0.6) is 0 Å². The number of nitrogen functional groups attached to an aromatic ring is 1. The number of carbonyl (C=O) groups excluding carboxylic acids is 2. The van der Waals surface area contributed by atoms with E-state index < -0.39 is 6.09 Å². The van der Waals surface area contributed by atoms with Gasteiger partial charge in [-0.25, -0.2) is 9.78 Å². The summed E-state index contributed by atoms with van der Waals surface area (Å²) in [5, 5.41) is 3.68. The Morgan fingerprint density at radius 2 is 1.97 bits per heavy atom. The van der Waals surface area contributed by atoms with Gasteiger partial charge in [0.1, 0.15) is 5.82 Å². The van der Waals surface area contributed by atoms with Crippen LogP contribution in [0.2, 0.25) is 0 Å². The van der Waals surface area contributed by atoms with Gasteiger partial charge in [0.25, 0.3) is 0 Å². The van der Waals surface area contributed by atoms with Gasteiger partial charge < -0.3 is 20.0 Å². The monoisotopic (exact) mass is 471 g/mol. The quantitative estimate of drug-likeness (QED) is 0.298. The van der Waals surface area contributed by atoms with E-state index in [1.807, 2.05) is 42.5 Å². The lowest BCUT2D eigenvalue weighted by molar-refractivity contribution is 0.0991. The van der Waals surface area contributed by atoms with E-state index in [4.69, 9.17) is 10.5 Å². The Bertz CT molecular complexity index is 1370. The Kier molecular flexibility index (Phi) is 6.03. The highest BCUT2D eigenvalue weighted by atomic mass is 16.6. The van der Waals surface area contributed by atoms with Crippen molar-refractivity contribution >= 4 is 34.2 Å². The highest BCUT2D eigenvalue weighted by Gasteiger charge is 2.27. The lowest BCUT2D eigenvalue weighted by Crippen LogP contribution is -2.18. The number of hydrogen-bond acceptors (Lipinski definition) is 5. The van der Waals surface area contributed by atoms with Gasteiger partial charge in [0.2, 0.25) is 0 Å². The summed E-state index contributed by atoms with van der Waals surface area (Å²) in [5.41, 5.74) is 11.5. The molecule has 5 rings (SSSR count). The Balaban J connectivity index is 1.51. The first-order valence-corrected chi connectivity index (χ1v) is 11.9. The molecule has 0 radical (unpaired) electrons. The van der Waals surface area contributed by atoms with Gasteiger partial charge in [0.05, 0.1) is 29.4 Å². The molecular formula is C27H29N5O3. The average molecular weight is 472 g/mol. The van der Waals surface area contributed by atoms with E-state index >= 15 is 0 Å². The molecule has 1 amide bonds. The second-order valence-electron chi connectivity index (χ2n) is 9.24. The zero-order valence-corrected chi connectivity index (χ0v) is 19.9. The molecular weight excluding hydrogens is 442 g/mol. The molecule has 35 heavy (non-hydrogen) atoms. The van der Waals surface area contributed by atoms with Crippen LogP contribution in [0.4, 0.5) is 16.2 Å². The summed E-state index contributed by atoms with van der Waals surface area (Å²) >= 11 is 0. The fourth-order valence-corrected chi connectivity index (χ4v) is 4.55. The van der Waals surface area contributed by atoms with Gasteiger partial charge in [-0.1, -0.05) is 24.3 Å². The SMILES string of the molecule is CC(C)OC(=O)Nc1ccc(-c2c(N)c3ccc(C(=O)Cc4ncc[nH]4)cc3n2C2CCC2)cc1. The number of ketones is 1. The lowest BCUT2D eigenvalue weighted by atomic mass is 9.92. The second-order valence-corrected chi connectivity index (χ2v) is 9.24. The maximum atomic E-state index is 12.9. The Morgan fingerprint density at radius 3 is 2.60 bits per heavy atom. The third kappa shape index (κ3) is 4.51. The number of anilines is 2. The molecule has 2 aromatic carbocycles. The average Bonchev–Trinajstić information content (AvgIpc) is 3.39. The van der Waals surface area contributed by atoms with Gasteiger partial charge in [-0.15, -0.1) is 0 Å². The Morgan fingerprint density at radius 1 is 1.20 bits per heavy atom. The van der Waals surface area contributed by atoms with Crippen molar-refractivity contribution in [1.82, 2.24) is 14.5 Å². The number of nitrogens with one attached hydrogen (secondary N) is 2. The maximum Gasteiger partial charge on any atom is 0.411 e. The minimum absolute atomic E-state index is 0.00652. The van der Waals surface area contributed by atoms with Crippen LogP contribution in [0.3, 0.4) is 0 Å². The molecule has 1 fully saturated rings. The van der Waals surface area contributed by atoms with Crippen LogP contribution >= 0.6 is 0 Å². The van der Waals surface area contributed by atoms with Gasteiger partial charge in [-0.05, 0) is 51.3 Å². The fraction of sp³-hybridized carbons (Fsp3) is 0.296. The lowest BCUT2D eigenvalue weighted by Gasteiger charge is -2.30. The zero-order valence-electron chi connectivity index (χ0n) is 19.9. The van der Waals surface area contributed by atoms with Crippen molar-refractivity contribution in [2.45, 2.75) is 51.7 Å². The highest BCUT2D eigenvalue weighted by Crippen LogP contribution is 2.44. The Hall–Kier alpha value is -4.07. The number of rotatable bonds is 7. The number of hydrogen-bond donors (Lipinski definition) is 3. The van der Waals surface area contributed by atoms with Crippen LogP contribution in [-0.2, 0) is 11.2 Å². The molecule has 1 aliphatic rings. The van der Waals surface area contributed by atoms with Crippen LogP contribution in [0.15, 0.2) is 54.9 Å². The number of carbonyl (C=O) groups is 2. The number of amides is 1. The van der Waals surface area contributed by atoms with Gasteiger partial charge >= 0.3 is 6.09 Å². The van der Waals surface area contributed by atoms with E-state index in [-0.39, 0.29) is 18.3 Å². The molecule has 0 unspecified atom stereocenters. The van der Waals surface area contributed by atoms with Crippen LogP contribution in [0, 0.1) is 0 Å². The first kappa shape index (κ1) is 22.7. The van der Waals surface area contributed by atoms with Crippen molar-refractivity contribution in [3.8, 4) is 11.3 Å². The van der Waals surface area contributed by atoms with Gasteiger partial charge in [0, 0.05) is 40.6 Å². The summed E-state index contributed by atoms with van der Waals surface area (Å²) in [5.74, 6) is 0.655. The summed E-state index contributed by atoms with van der Waals surface area (Å²) in [6.45, 7) is 3.61. The standard InChI is InChI=1S/C27H29N5O3/c1-16(2)35-27(34)31-19-9-6-17(7-10-19)26-25(28)21-11-8-18(23(33)15-24-29-12-13-30-24)14-22(21)32(26)20-4-3-5-20/h6-14,16,20H,3-5,15,28H2,1-2H3,(H,29,30)(H,31,34). The summed E-state index contributed by atoms with van der Waals surface area (Å²) < 4.78 is 7.44. The van der Waals surface area contributed by atoms with E-state index in [0.29, 0.717) is 28.8 Å². The number of aromatic nitrogens is 3. The number of imidazole rings is 1. The molecule has 4 aromatic rings. The molecule has 0 saturated heterocycles. The number of Topliss-reactive ketones (excluding diaryl/α,β-unsaturated/α-hetero) is 1. The predicted molar refractivity (Wildman–Crippen MR) is 137 cm³/mol. The number of aromatic amines is 1. The maximum absolute atomic E-state index is 12.9. The topological polar surface area (TPSA) is 115 Å². The van der Waals surface area contributed by atoms with Crippen molar-refractivity contribution in [2.24, 2.45) is 0 Å².